The van der Waals surface area contributed by atoms with Gasteiger partial charge in [-0.15, -0.1) is 0 Å². The first kappa shape index (κ1) is 73.1. The van der Waals surface area contributed by atoms with Gasteiger partial charge < -0.3 is 14.6 Å². The molecule has 5 nitrogen and oxygen atoms in total. The molecule has 0 saturated heterocycles. The number of carbonyl (C=O) groups excluding carboxylic acids is 2. The van der Waals surface area contributed by atoms with Crippen molar-refractivity contribution < 1.29 is 24.2 Å². The Hall–Kier alpha value is -2.92. The lowest BCUT2D eigenvalue weighted by molar-refractivity contribution is -0.161. The van der Waals surface area contributed by atoms with Crippen molar-refractivity contribution in [1.82, 2.24) is 0 Å². The number of carbonyl (C=O) groups is 2. The van der Waals surface area contributed by atoms with Crippen LogP contribution in [0, 0.1) is 0 Å². The summed E-state index contributed by atoms with van der Waals surface area (Å²) < 4.78 is 10.7. The number of aliphatic hydroxyl groups is 1. The highest BCUT2D eigenvalue weighted by atomic mass is 16.6. The minimum Gasteiger partial charge on any atom is -0.462 e. The van der Waals surface area contributed by atoms with Crippen molar-refractivity contribution in [2.75, 3.05) is 13.2 Å². The molecule has 0 heterocycles. The summed E-state index contributed by atoms with van der Waals surface area (Å²) in [5.41, 5.74) is 0. The molecule has 0 aromatic carbocycles. The van der Waals surface area contributed by atoms with E-state index in [4.69, 9.17) is 9.47 Å². The van der Waals surface area contributed by atoms with Crippen molar-refractivity contribution >= 4 is 11.9 Å². The molecule has 0 saturated carbocycles. The van der Waals surface area contributed by atoms with Gasteiger partial charge in [0.25, 0.3) is 0 Å². The summed E-state index contributed by atoms with van der Waals surface area (Å²) >= 11 is 0. The third-order valence-corrected chi connectivity index (χ3v) is 14.7. The SMILES string of the molecule is CC/C=C\C/C=C\C/C=C\C/C=C\C/C=C\C/C=C\CCCCCCCCCCCCCCCCCCCCCCC(=O)OC(CO)COC(=O)CCCCCCCCCCCCC/C=C\CCCCCCCCCC. The minimum atomic E-state index is -0.774. The highest BCUT2D eigenvalue weighted by Gasteiger charge is 2.16. The van der Waals surface area contributed by atoms with Crippen LogP contribution in [0.25, 0.3) is 0 Å². The van der Waals surface area contributed by atoms with Gasteiger partial charge >= 0.3 is 11.9 Å². The number of allylic oxidation sites excluding steroid dienone is 14. The molecular weight excluding hydrogens is 933 g/mol. The summed E-state index contributed by atoms with van der Waals surface area (Å²) in [6.45, 7) is 4.06. The second-order valence-corrected chi connectivity index (χ2v) is 22.2. The van der Waals surface area contributed by atoms with E-state index in [0.29, 0.717) is 12.8 Å². The van der Waals surface area contributed by atoms with Gasteiger partial charge in [-0.25, -0.2) is 0 Å². The Kier molecular flexibility index (Phi) is 63.8. The van der Waals surface area contributed by atoms with E-state index >= 15 is 0 Å². The van der Waals surface area contributed by atoms with E-state index in [0.717, 1.165) is 77.0 Å². The van der Waals surface area contributed by atoms with E-state index in [-0.39, 0.29) is 25.2 Å². The molecule has 0 aromatic rings. The van der Waals surface area contributed by atoms with E-state index in [1.165, 1.54) is 231 Å². The zero-order chi connectivity index (χ0) is 54.8. The quantitative estimate of drug-likeness (QED) is 0.0373. The Morgan fingerprint density at radius 1 is 0.316 bits per heavy atom. The average molecular weight is 1060 g/mol. The van der Waals surface area contributed by atoms with Crippen molar-refractivity contribution in [3.05, 3.63) is 85.1 Å². The molecule has 1 atom stereocenters. The topological polar surface area (TPSA) is 72.8 Å². The maximum atomic E-state index is 12.4. The molecular formula is C71H126O5. The molecule has 0 aliphatic rings. The largest absolute Gasteiger partial charge is 0.462 e. The standard InChI is InChI=1S/C71H126O5/c1-3-5-7-9-11-13-15-17-19-21-23-25-27-28-29-30-31-32-33-34-35-36-37-38-39-40-41-42-44-46-48-50-52-54-56-58-60-62-64-66-71(74)76-69(67-72)68-75-70(73)65-63-61-59-57-55-53-51-49-47-45-43-26-24-22-20-18-16-14-12-10-8-6-4-2/h5,7,11,13,17,19,22-25,28-29,31-32,69,72H,3-4,6,8-10,12,14-16,18,20-21,26-27,30,33-68H2,1-2H3/b7-5-,13-11-,19-17-,24-22-,25-23-,29-28-,32-31-. The summed E-state index contributed by atoms with van der Waals surface area (Å²) in [5, 5.41) is 9.69. The lowest BCUT2D eigenvalue weighted by atomic mass is 10.0. The van der Waals surface area contributed by atoms with E-state index in [1.807, 2.05) is 0 Å². The third-order valence-electron chi connectivity index (χ3n) is 14.7. The lowest BCUT2D eigenvalue weighted by Gasteiger charge is -2.15. The predicted molar refractivity (Wildman–Crippen MR) is 334 cm³/mol. The van der Waals surface area contributed by atoms with Crippen molar-refractivity contribution in [2.24, 2.45) is 0 Å². The Balaban J connectivity index is 3.43. The van der Waals surface area contributed by atoms with Crippen molar-refractivity contribution in [2.45, 2.75) is 341 Å². The minimum absolute atomic E-state index is 0.0639. The van der Waals surface area contributed by atoms with Crippen molar-refractivity contribution in [3.63, 3.8) is 0 Å². The summed E-state index contributed by atoms with van der Waals surface area (Å²) in [6, 6.07) is 0. The second-order valence-electron chi connectivity index (χ2n) is 22.2. The van der Waals surface area contributed by atoms with Crippen LogP contribution in [0.4, 0.5) is 0 Å². The van der Waals surface area contributed by atoms with Crippen LogP contribution in [0.2, 0.25) is 0 Å². The monoisotopic (exact) mass is 1060 g/mol. The van der Waals surface area contributed by atoms with E-state index in [1.54, 1.807) is 0 Å². The average Bonchev–Trinajstić information content (AvgIpc) is 3.42. The van der Waals surface area contributed by atoms with Crippen molar-refractivity contribution in [3.8, 4) is 0 Å². The number of esters is 2. The molecule has 76 heavy (non-hydrogen) atoms. The van der Waals surface area contributed by atoms with Crippen molar-refractivity contribution in [1.29, 1.82) is 0 Å². The Bertz CT molecular complexity index is 1380. The van der Waals surface area contributed by atoms with E-state index < -0.39 is 6.10 Å². The number of ether oxygens (including phenoxy) is 2. The maximum Gasteiger partial charge on any atom is 0.306 e. The molecule has 0 fully saturated rings. The van der Waals surface area contributed by atoms with Gasteiger partial charge in [0.2, 0.25) is 0 Å². The highest BCUT2D eigenvalue weighted by molar-refractivity contribution is 5.70. The van der Waals surface area contributed by atoms with Gasteiger partial charge in [-0.1, -0.05) is 317 Å². The maximum absolute atomic E-state index is 12.4. The van der Waals surface area contributed by atoms with Gasteiger partial charge in [-0.3, -0.25) is 9.59 Å². The smallest absolute Gasteiger partial charge is 0.306 e. The fourth-order valence-electron chi connectivity index (χ4n) is 9.73. The van der Waals surface area contributed by atoms with E-state index in [9.17, 15) is 14.7 Å². The summed E-state index contributed by atoms with van der Waals surface area (Å²) in [5.74, 6) is -0.576. The van der Waals surface area contributed by atoms with Crippen LogP contribution < -0.4 is 0 Å². The number of aliphatic hydroxyl groups excluding tert-OH is 1. The molecule has 0 amide bonds. The molecule has 0 bridgehead atoms. The van der Waals surface area contributed by atoms with Gasteiger partial charge in [0.1, 0.15) is 6.61 Å². The molecule has 440 valence electrons. The van der Waals surface area contributed by atoms with Crippen LogP contribution >= 0.6 is 0 Å². The number of unbranched alkanes of at least 4 members (excludes halogenated alkanes) is 39. The van der Waals surface area contributed by atoms with Gasteiger partial charge in [-0.05, 0) is 89.9 Å². The van der Waals surface area contributed by atoms with Gasteiger partial charge in [-0.2, -0.15) is 0 Å². The molecule has 0 spiro atoms. The molecule has 0 rings (SSSR count). The number of hydrogen-bond acceptors (Lipinski definition) is 5. The molecule has 1 N–H and O–H groups in total. The van der Waals surface area contributed by atoms with Gasteiger partial charge in [0.05, 0.1) is 6.61 Å². The summed E-state index contributed by atoms with van der Waals surface area (Å²) in [6.07, 6.45) is 93.1. The third kappa shape index (κ3) is 63.6. The van der Waals surface area contributed by atoms with Gasteiger partial charge in [0, 0.05) is 12.8 Å². The fraction of sp³-hybridized carbons (Fsp3) is 0.775. The first-order valence-electron chi connectivity index (χ1n) is 33.1. The molecule has 0 aliphatic heterocycles. The fourth-order valence-corrected chi connectivity index (χ4v) is 9.73. The highest BCUT2D eigenvalue weighted by Crippen LogP contribution is 2.18. The normalized spacial score (nSPS) is 12.7. The number of hydrogen-bond donors (Lipinski definition) is 1. The summed E-state index contributed by atoms with van der Waals surface area (Å²) in [4.78, 5) is 24.6. The Labute approximate surface area is 473 Å². The molecule has 0 aromatic heterocycles. The van der Waals surface area contributed by atoms with Gasteiger partial charge in [0.15, 0.2) is 6.10 Å². The summed E-state index contributed by atoms with van der Waals surface area (Å²) in [7, 11) is 0. The second kappa shape index (κ2) is 66.4. The Morgan fingerprint density at radius 3 is 0.868 bits per heavy atom. The first-order valence-corrected chi connectivity index (χ1v) is 33.1. The van der Waals surface area contributed by atoms with Crippen LogP contribution in [-0.4, -0.2) is 36.4 Å². The first-order chi connectivity index (χ1) is 37.6. The molecule has 5 heteroatoms. The van der Waals surface area contributed by atoms with Crippen LogP contribution in [0.15, 0.2) is 85.1 Å². The van der Waals surface area contributed by atoms with Crippen LogP contribution in [-0.2, 0) is 19.1 Å². The zero-order valence-electron chi connectivity index (χ0n) is 50.5. The van der Waals surface area contributed by atoms with Crippen LogP contribution in [0.3, 0.4) is 0 Å². The Morgan fingerprint density at radius 2 is 0.566 bits per heavy atom. The molecule has 0 aliphatic carbocycles. The zero-order valence-corrected chi connectivity index (χ0v) is 50.5. The lowest BCUT2D eigenvalue weighted by Crippen LogP contribution is -2.28. The van der Waals surface area contributed by atoms with Crippen LogP contribution in [0.1, 0.15) is 335 Å². The predicted octanol–water partition coefficient (Wildman–Crippen LogP) is 22.9. The molecule has 1 unspecified atom stereocenters. The van der Waals surface area contributed by atoms with Crippen LogP contribution in [0.5, 0.6) is 0 Å². The molecule has 0 radical (unpaired) electrons. The van der Waals surface area contributed by atoms with E-state index in [2.05, 4.69) is 98.9 Å². The number of rotatable bonds is 61.